The molecule has 3 rings (SSSR count). The summed E-state index contributed by atoms with van der Waals surface area (Å²) < 4.78 is 0.860. The molecule has 1 aliphatic heterocycles. The number of benzene rings is 2. The fourth-order valence-electron chi connectivity index (χ4n) is 2.13. The Kier molecular flexibility index (Phi) is 4.43. The van der Waals surface area contributed by atoms with Gasteiger partial charge >= 0.3 is 0 Å². The highest BCUT2D eigenvalue weighted by Crippen LogP contribution is 2.29. The van der Waals surface area contributed by atoms with E-state index in [1.54, 1.807) is 24.3 Å². The predicted octanol–water partition coefficient (Wildman–Crippen LogP) is 4.22. The molecule has 1 N–H and O–H groups in total. The van der Waals surface area contributed by atoms with Gasteiger partial charge < -0.3 is 0 Å². The Balaban J connectivity index is 1.95. The van der Waals surface area contributed by atoms with E-state index in [4.69, 9.17) is 23.2 Å². The van der Waals surface area contributed by atoms with Crippen LogP contribution in [0.1, 0.15) is 5.56 Å². The number of anilines is 1. The van der Waals surface area contributed by atoms with Crippen LogP contribution in [0.5, 0.6) is 0 Å². The first-order chi connectivity index (χ1) is 11.0. The van der Waals surface area contributed by atoms with Gasteiger partial charge in [-0.15, -0.1) is 0 Å². The summed E-state index contributed by atoms with van der Waals surface area (Å²) in [5.41, 5.74) is 3.75. The van der Waals surface area contributed by atoms with Crippen molar-refractivity contribution in [3.63, 3.8) is 0 Å². The lowest BCUT2D eigenvalue weighted by Crippen LogP contribution is -2.35. The van der Waals surface area contributed by atoms with Crippen LogP contribution in [0, 0.1) is 0 Å². The van der Waals surface area contributed by atoms with E-state index in [1.807, 2.05) is 18.2 Å². The maximum Gasteiger partial charge on any atom is 0.282 e. The fourth-order valence-corrected chi connectivity index (χ4v) is 2.84. The Labute approximate surface area is 150 Å². The van der Waals surface area contributed by atoms with Crippen LogP contribution in [-0.2, 0) is 9.59 Å². The molecule has 0 radical (unpaired) electrons. The largest absolute Gasteiger partial charge is 0.282 e. The SMILES string of the molecule is O=C1NN(c2ccc(Cl)c(Cl)c2)C(=O)C1=Cc1cccc(Br)c1. The predicted molar refractivity (Wildman–Crippen MR) is 94.2 cm³/mol. The number of hydrogen-bond donors (Lipinski definition) is 1. The Bertz CT molecular complexity index is 852. The zero-order valence-electron chi connectivity index (χ0n) is 11.5. The topological polar surface area (TPSA) is 49.4 Å². The Hall–Kier alpha value is -1.82. The molecule has 4 nitrogen and oxygen atoms in total. The average molecular weight is 412 g/mol. The highest BCUT2D eigenvalue weighted by Gasteiger charge is 2.34. The van der Waals surface area contributed by atoms with Crippen molar-refractivity contribution in [1.82, 2.24) is 5.43 Å². The number of nitrogens with one attached hydrogen (secondary N) is 1. The molecule has 1 fully saturated rings. The molecule has 1 saturated heterocycles. The van der Waals surface area contributed by atoms with Crippen LogP contribution < -0.4 is 10.4 Å². The Morgan fingerprint density at radius 2 is 1.83 bits per heavy atom. The molecular weight excluding hydrogens is 403 g/mol. The lowest BCUT2D eigenvalue weighted by Gasteiger charge is -2.15. The molecular formula is C16H9BrCl2N2O2. The number of hydrazine groups is 1. The van der Waals surface area contributed by atoms with E-state index < -0.39 is 11.8 Å². The second-order valence-corrected chi connectivity index (χ2v) is 6.52. The van der Waals surface area contributed by atoms with Crippen molar-refractivity contribution in [2.45, 2.75) is 0 Å². The number of carbonyl (C=O) groups is 2. The van der Waals surface area contributed by atoms with Gasteiger partial charge in [-0.2, -0.15) is 0 Å². The highest BCUT2D eigenvalue weighted by atomic mass is 79.9. The summed E-state index contributed by atoms with van der Waals surface area (Å²) in [4.78, 5) is 24.6. The van der Waals surface area contributed by atoms with E-state index in [-0.39, 0.29) is 5.57 Å². The van der Waals surface area contributed by atoms with Crippen molar-refractivity contribution in [1.29, 1.82) is 0 Å². The van der Waals surface area contributed by atoms with Gasteiger partial charge in [-0.3, -0.25) is 15.0 Å². The second-order valence-electron chi connectivity index (χ2n) is 4.79. The molecule has 0 unspecified atom stereocenters. The summed E-state index contributed by atoms with van der Waals surface area (Å²) in [6, 6.07) is 12.0. The minimum atomic E-state index is -0.471. The summed E-state index contributed by atoms with van der Waals surface area (Å²) in [6.45, 7) is 0. The van der Waals surface area contributed by atoms with Crippen LogP contribution in [0.3, 0.4) is 0 Å². The monoisotopic (exact) mass is 410 g/mol. The number of halogens is 3. The summed E-state index contributed by atoms with van der Waals surface area (Å²) >= 11 is 15.2. The molecule has 1 aliphatic rings. The van der Waals surface area contributed by atoms with Gasteiger partial charge in [0.05, 0.1) is 15.7 Å². The first-order valence-corrected chi connectivity index (χ1v) is 8.08. The summed E-state index contributed by atoms with van der Waals surface area (Å²) in [5.74, 6) is -0.922. The van der Waals surface area contributed by atoms with Crippen LogP contribution >= 0.6 is 39.1 Å². The van der Waals surface area contributed by atoms with Gasteiger partial charge in [0.25, 0.3) is 11.8 Å². The van der Waals surface area contributed by atoms with Crippen LogP contribution in [0.4, 0.5) is 5.69 Å². The first kappa shape index (κ1) is 16.1. The summed E-state index contributed by atoms with van der Waals surface area (Å²) in [7, 11) is 0. The third-order valence-electron chi connectivity index (χ3n) is 3.21. The molecule has 23 heavy (non-hydrogen) atoms. The van der Waals surface area contributed by atoms with Gasteiger partial charge in [-0.05, 0) is 42.0 Å². The van der Waals surface area contributed by atoms with Gasteiger partial charge in [0.1, 0.15) is 5.57 Å². The molecule has 2 aromatic carbocycles. The van der Waals surface area contributed by atoms with Gasteiger partial charge in [-0.25, -0.2) is 5.01 Å². The normalized spacial score (nSPS) is 16.1. The molecule has 1 heterocycles. The third kappa shape index (κ3) is 3.27. The van der Waals surface area contributed by atoms with Gasteiger partial charge in [0.15, 0.2) is 0 Å². The minimum Gasteiger partial charge on any atom is -0.267 e. The van der Waals surface area contributed by atoms with E-state index in [2.05, 4.69) is 21.4 Å². The number of amides is 2. The lowest BCUT2D eigenvalue weighted by atomic mass is 10.1. The number of hydrogen-bond acceptors (Lipinski definition) is 2. The van der Waals surface area contributed by atoms with Crippen molar-refractivity contribution in [2.24, 2.45) is 0 Å². The zero-order chi connectivity index (χ0) is 16.6. The van der Waals surface area contributed by atoms with Crippen molar-refractivity contribution < 1.29 is 9.59 Å². The summed E-state index contributed by atoms with van der Waals surface area (Å²) in [6.07, 6.45) is 1.54. The fraction of sp³-hybridized carbons (Fsp3) is 0. The van der Waals surface area contributed by atoms with Crippen molar-refractivity contribution in [3.05, 3.63) is 68.1 Å². The van der Waals surface area contributed by atoms with Crippen LogP contribution in [-0.4, -0.2) is 11.8 Å². The minimum absolute atomic E-state index is 0.0502. The Morgan fingerprint density at radius 1 is 1.04 bits per heavy atom. The average Bonchev–Trinajstić information content (AvgIpc) is 2.78. The van der Waals surface area contributed by atoms with E-state index in [0.717, 1.165) is 15.0 Å². The van der Waals surface area contributed by atoms with Crippen molar-refractivity contribution in [3.8, 4) is 0 Å². The zero-order valence-corrected chi connectivity index (χ0v) is 14.6. The van der Waals surface area contributed by atoms with Crippen molar-refractivity contribution >= 4 is 62.7 Å². The van der Waals surface area contributed by atoms with Gasteiger partial charge in [-0.1, -0.05) is 51.3 Å². The van der Waals surface area contributed by atoms with Gasteiger partial charge in [0, 0.05) is 4.47 Å². The van der Waals surface area contributed by atoms with E-state index in [1.165, 1.54) is 6.07 Å². The molecule has 0 saturated carbocycles. The number of carbonyl (C=O) groups excluding carboxylic acids is 2. The molecule has 7 heteroatoms. The molecule has 2 amide bonds. The third-order valence-corrected chi connectivity index (χ3v) is 4.44. The maximum atomic E-state index is 12.5. The number of nitrogens with zero attached hydrogens (tertiary/aromatic N) is 1. The molecule has 116 valence electrons. The van der Waals surface area contributed by atoms with Crippen LogP contribution in [0.2, 0.25) is 10.0 Å². The van der Waals surface area contributed by atoms with Crippen molar-refractivity contribution in [2.75, 3.05) is 5.01 Å². The molecule has 0 bridgehead atoms. The van der Waals surface area contributed by atoms with E-state index in [9.17, 15) is 9.59 Å². The van der Waals surface area contributed by atoms with Crippen LogP contribution in [0.25, 0.3) is 6.08 Å². The van der Waals surface area contributed by atoms with E-state index >= 15 is 0 Å². The van der Waals surface area contributed by atoms with Crippen LogP contribution in [0.15, 0.2) is 52.5 Å². The first-order valence-electron chi connectivity index (χ1n) is 6.53. The summed E-state index contributed by atoms with van der Waals surface area (Å²) in [5, 5.41) is 1.82. The highest BCUT2D eigenvalue weighted by molar-refractivity contribution is 9.10. The lowest BCUT2D eigenvalue weighted by molar-refractivity contribution is -0.117. The van der Waals surface area contributed by atoms with Gasteiger partial charge in [0.2, 0.25) is 0 Å². The smallest absolute Gasteiger partial charge is 0.267 e. The molecule has 0 aromatic heterocycles. The standard InChI is InChI=1S/C16H9BrCl2N2O2/c17-10-3-1-2-9(6-10)7-12-15(22)20-21(16(12)23)11-4-5-13(18)14(19)8-11/h1-8H,(H,20,22). The molecule has 2 aromatic rings. The Morgan fingerprint density at radius 3 is 2.52 bits per heavy atom. The second kappa shape index (κ2) is 6.35. The van der Waals surface area contributed by atoms with E-state index in [0.29, 0.717) is 15.7 Å². The quantitative estimate of drug-likeness (QED) is 0.594. The molecule has 0 spiro atoms. The maximum absolute atomic E-state index is 12.5. The number of rotatable bonds is 2. The molecule has 0 aliphatic carbocycles. The molecule has 0 atom stereocenters.